The highest BCUT2D eigenvalue weighted by Gasteiger charge is 2.26. The van der Waals surface area contributed by atoms with Gasteiger partial charge in [0.15, 0.2) is 0 Å². The van der Waals surface area contributed by atoms with Gasteiger partial charge in [-0.25, -0.2) is 9.59 Å². The maximum absolute atomic E-state index is 11.8. The summed E-state index contributed by atoms with van der Waals surface area (Å²) >= 11 is 1.82. The Bertz CT molecular complexity index is 273. The number of hydrogen-bond donors (Lipinski definition) is 2. The summed E-state index contributed by atoms with van der Waals surface area (Å²) in [7, 11) is 0. The monoisotopic (exact) mass is 246 g/mol. The fraction of sp³-hybridized carbons (Fsp3) is 0.800. The van der Waals surface area contributed by atoms with E-state index in [0.717, 1.165) is 11.5 Å². The van der Waals surface area contributed by atoms with Crippen LogP contribution in [0.5, 0.6) is 0 Å². The van der Waals surface area contributed by atoms with Crippen LogP contribution in [0.15, 0.2) is 0 Å². The summed E-state index contributed by atoms with van der Waals surface area (Å²) in [5.74, 6) is 0.855. The van der Waals surface area contributed by atoms with Crippen LogP contribution in [-0.2, 0) is 4.79 Å². The third-order valence-electron chi connectivity index (χ3n) is 2.63. The maximum atomic E-state index is 11.8. The fourth-order valence-corrected chi connectivity index (χ4v) is 2.61. The lowest BCUT2D eigenvalue weighted by Gasteiger charge is -2.33. The number of aliphatic carboxylic acids is 1. The summed E-state index contributed by atoms with van der Waals surface area (Å²) in [5.41, 5.74) is 0. The van der Waals surface area contributed by atoms with Gasteiger partial charge >= 0.3 is 12.0 Å². The summed E-state index contributed by atoms with van der Waals surface area (Å²) < 4.78 is 0. The molecule has 0 saturated carbocycles. The number of hydrogen-bond acceptors (Lipinski definition) is 3. The predicted molar refractivity (Wildman–Crippen MR) is 63.7 cm³/mol. The van der Waals surface area contributed by atoms with Gasteiger partial charge in [-0.15, -0.1) is 0 Å². The average molecular weight is 246 g/mol. The van der Waals surface area contributed by atoms with Crippen molar-refractivity contribution in [2.24, 2.45) is 0 Å². The number of nitrogens with one attached hydrogen (secondary N) is 1. The van der Waals surface area contributed by atoms with E-state index in [2.05, 4.69) is 5.32 Å². The number of carboxylic acids is 1. The molecule has 2 atom stereocenters. The van der Waals surface area contributed by atoms with Crippen LogP contribution in [0, 0.1) is 0 Å². The predicted octanol–water partition coefficient (Wildman–Crippen LogP) is 0.997. The number of thioether (sulfide) groups is 1. The van der Waals surface area contributed by atoms with E-state index in [0.29, 0.717) is 13.0 Å². The molecule has 1 fully saturated rings. The van der Waals surface area contributed by atoms with Gasteiger partial charge in [0, 0.05) is 24.1 Å². The van der Waals surface area contributed by atoms with E-state index in [4.69, 9.17) is 5.11 Å². The van der Waals surface area contributed by atoms with Crippen molar-refractivity contribution in [3.8, 4) is 0 Å². The molecule has 1 saturated heterocycles. The van der Waals surface area contributed by atoms with Crippen LogP contribution in [0.4, 0.5) is 4.79 Å². The Labute approximate surface area is 99.6 Å². The molecule has 0 aromatic heterocycles. The van der Waals surface area contributed by atoms with Crippen LogP contribution in [0.3, 0.4) is 0 Å². The van der Waals surface area contributed by atoms with Crippen molar-refractivity contribution in [1.29, 1.82) is 0 Å². The molecule has 1 heterocycles. The standard InChI is InChI=1S/C10H18N2O3S/c1-3-8(9(13)14)11-10(15)12-4-5-16-6-7(12)2/h7-8H,3-6H2,1-2H3,(H,11,15)(H,13,14)/t7?,8-/m0/s1. The molecule has 92 valence electrons. The van der Waals surface area contributed by atoms with Gasteiger partial charge in [0.1, 0.15) is 6.04 Å². The SMILES string of the molecule is CC[C@H](NC(=O)N1CCSCC1C)C(=O)O. The molecule has 1 unspecified atom stereocenters. The number of carbonyl (C=O) groups excluding carboxylic acids is 1. The molecule has 16 heavy (non-hydrogen) atoms. The molecule has 2 amide bonds. The van der Waals surface area contributed by atoms with E-state index >= 15 is 0 Å². The number of amides is 2. The lowest BCUT2D eigenvalue weighted by molar-refractivity contribution is -0.139. The second kappa shape index (κ2) is 5.98. The molecular weight excluding hydrogens is 228 g/mol. The lowest BCUT2D eigenvalue weighted by Crippen LogP contribution is -2.53. The molecule has 1 rings (SSSR count). The van der Waals surface area contributed by atoms with E-state index in [1.165, 1.54) is 0 Å². The molecule has 0 aromatic rings. The average Bonchev–Trinajstić information content (AvgIpc) is 2.25. The largest absolute Gasteiger partial charge is 0.480 e. The first-order chi connectivity index (χ1) is 7.56. The van der Waals surface area contributed by atoms with Crippen LogP contribution in [0.1, 0.15) is 20.3 Å². The second-order valence-corrected chi connectivity index (χ2v) is 5.02. The summed E-state index contributed by atoms with van der Waals surface area (Å²) in [5, 5.41) is 11.4. The van der Waals surface area contributed by atoms with Crippen LogP contribution in [0.25, 0.3) is 0 Å². The Kier molecular flexibility index (Phi) is 4.92. The smallest absolute Gasteiger partial charge is 0.326 e. The van der Waals surface area contributed by atoms with Gasteiger partial charge < -0.3 is 15.3 Å². The maximum Gasteiger partial charge on any atom is 0.326 e. The summed E-state index contributed by atoms with van der Waals surface area (Å²) in [6, 6.07) is -0.874. The molecule has 0 aliphatic carbocycles. The van der Waals surface area contributed by atoms with Gasteiger partial charge in [-0.3, -0.25) is 0 Å². The van der Waals surface area contributed by atoms with Gasteiger partial charge in [-0.1, -0.05) is 6.92 Å². The van der Waals surface area contributed by atoms with Crippen LogP contribution >= 0.6 is 11.8 Å². The van der Waals surface area contributed by atoms with Gasteiger partial charge in [-0.2, -0.15) is 11.8 Å². The molecule has 5 nitrogen and oxygen atoms in total. The van der Waals surface area contributed by atoms with Gasteiger partial charge in [0.2, 0.25) is 0 Å². The lowest BCUT2D eigenvalue weighted by atomic mass is 10.2. The quantitative estimate of drug-likeness (QED) is 0.779. The normalized spacial score (nSPS) is 22.6. The molecule has 0 radical (unpaired) electrons. The highest BCUT2D eigenvalue weighted by atomic mass is 32.2. The molecule has 1 aliphatic heterocycles. The van der Waals surface area contributed by atoms with E-state index in [1.807, 2.05) is 18.7 Å². The third kappa shape index (κ3) is 3.30. The van der Waals surface area contributed by atoms with E-state index in [9.17, 15) is 9.59 Å². The number of urea groups is 1. The molecule has 1 aliphatic rings. The fourth-order valence-electron chi connectivity index (χ4n) is 1.60. The number of carbonyl (C=O) groups is 2. The van der Waals surface area contributed by atoms with Crippen molar-refractivity contribution in [2.45, 2.75) is 32.4 Å². The first-order valence-corrected chi connectivity index (χ1v) is 6.59. The first kappa shape index (κ1) is 13.2. The Morgan fingerprint density at radius 1 is 1.62 bits per heavy atom. The van der Waals surface area contributed by atoms with Crippen molar-refractivity contribution >= 4 is 23.8 Å². The minimum absolute atomic E-state index is 0.171. The number of nitrogens with zero attached hydrogens (tertiary/aromatic N) is 1. The Hall–Kier alpha value is -0.910. The Morgan fingerprint density at radius 2 is 2.31 bits per heavy atom. The third-order valence-corrected chi connectivity index (χ3v) is 3.82. The first-order valence-electron chi connectivity index (χ1n) is 5.44. The van der Waals surface area contributed by atoms with Crippen molar-refractivity contribution in [3.63, 3.8) is 0 Å². The minimum atomic E-state index is -0.977. The number of rotatable bonds is 3. The Morgan fingerprint density at radius 3 is 2.81 bits per heavy atom. The highest BCUT2D eigenvalue weighted by Crippen LogP contribution is 2.15. The highest BCUT2D eigenvalue weighted by molar-refractivity contribution is 7.99. The summed E-state index contributed by atoms with van der Waals surface area (Å²) in [4.78, 5) is 24.3. The summed E-state index contributed by atoms with van der Waals surface area (Å²) in [6.07, 6.45) is 0.401. The van der Waals surface area contributed by atoms with E-state index in [-0.39, 0.29) is 12.1 Å². The van der Waals surface area contributed by atoms with E-state index in [1.54, 1.807) is 11.8 Å². The van der Waals surface area contributed by atoms with Crippen LogP contribution in [0.2, 0.25) is 0 Å². The van der Waals surface area contributed by atoms with Crippen molar-refractivity contribution in [1.82, 2.24) is 10.2 Å². The van der Waals surface area contributed by atoms with Crippen molar-refractivity contribution < 1.29 is 14.7 Å². The topological polar surface area (TPSA) is 69.6 Å². The van der Waals surface area contributed by atoms with Crippen LogP contribution in [-0.4, -0.2) is 52.1 Å². The van der Waals surface area contributed by atoms with Crippen molar-refractivity contribution in [2.75, 3.05) is 18.1 Å². The zero-order chi connectivity index (χ0) is 12.1. The zero-order valence-corrected chi connectivity index (χ0v) is 10.4. The molecule has 6 heteroatoms. The van der Waals surface area contributed by atoms with Gasteiger partial charge in [0.25, 0.3) is 0 Å². The zero-order valence-electron chi connectivity index (χ0n) is 9.60. The second-order valence-electron chi connectivity index (χ2n) is 3.87. The molecular formula is C10H18N2O3S. The molecule has 0 spiro atoms. The van der Waals surface area contributed by atoms with Gasteiger partial charge in [0.05, 0.1) is 0 Å². The Balaban J connectivity index is 2.52. The van der Waals surface area contributed by atoms with E-state index < -0.39 is 12.0 Å². The molecule has 2 N–H and O–H groups in total. The van der Waals surface area contributed by atoms with Gasteiger partial charge in [-0.05, 0) is 13.3 Å². The number of carboxylic acid groups (broad SMARTS) is 1. The molecule has 0 aromatic carbocycles. The summed E-state index contributed by atoms with van der Waals surface area (Å²) in [6.45, 7) is 4.41. The van der Waals surface area contributed by atoms with Crippen LogP contribution < -0.4 is 5.32 Å². The minimum Gasteiger partial charge on any atom is -0.480 e. The molecule has 0 bridgehead atoms. The van der Waals surface area contributed by atoms with Crippen molar-refractivity contribution in [3.05, 3.63) is 0 Å².